The fraction of sp³-hybridized carbons (Fsp3) is 0.562. The molecule has 1 aromatic rings. The smallest absolute Gasteiger partial charge is 0.308 e. The second kappa shape index (κ2) is 7.79. The van der Waals surface area contributed by atoms with Crippen molar-refractivity contribution in [1.29, 1.82) is 0 Å². The van der Waals surface area contributed by atoms with E-state index < -0.39 is 5.54 Å². The lowest BCUT2D eigenvalue weighted by Gasteiger charge is -2.33. The minimum atomic E-state index is -0.863. The molecule has 22 heavy (non-hydrogen) atoms. The fourth-order valence-electron chi connectivity index (χ4n) is 1.87. The molecule has 0 aromatic heterocycles. The average Bonchev–Trinajstić information content (AvgIpc) is 2.39. The van der Waals surface area contributed by atoms with Crippen molar-refractivity contribution in [2.45, 2.75) is 51.3 Å². The molecular weight excluding hydrogens is 369 g/mol. The number of nitrogens with one attached hydrogen (secondary N) is 1. The zero-order chi connectivity index (χ0) is 17.0. The number of hydrogen-bond donors (Lipinski definition) is 1. The van der Waals surface area contributed by atoms with Gasteiger partial charge in [-0.2, -0.15) is 0 Å². The first-order valence-corrected chi connectivity index (χ1v) is 8.74. The molecule has 0 saturated carbocycles. The summed E-state index contributed by atoms with van der Waals surface area (Å²) in [5.74, 6) is -0.705. The summed E-state index contributed by atoms with van der Waals surface area (Å²) in [4.78, 5) is 11.9. The Balaban J connectivity index is 3.14. The molecule has 0 aliphatic rings. The number of carbonyl (C=O) groups excluding carboxylic acids is 1. The second-order valence-electron chi connectivity index (χ2n) is 6.25. The van der Waals surface area contributed by atoms with Crippen molar-refractivity contribution in [1.82, 2.24) is 4.72 Å². The summed E-state index contributed by atoms with van der Waals surface area (Å²) >= 11 is 4.83. The zero-order valence-electron chi connectivity index (χ0n) is 13.6. The van der Waals surface area contributed by atoms with Gasteiger partial charge < -0.3 is 4.74 Å². The van der Waals surface area contributed by atoms with E-state index in [9.17, 15) is 9.18 Å². The Morgan fingerprint density at radius 3 is 2.55 bits per heavy atom. The van der Waals surface area contributed by atoms with Crippen molar-refractivity contribution in [3.05, 3.63) is 34.1 Å². The highest BCUT2D eigenvalue weighted by atomic mass is 79.9. The highest BCUT2D eigenvalue weighted by Crippen LogP contribution is 2.34. The zero-order valence-corrected chi connectivity index (χ0v) is 16.0. The van der Waals surface area contributed by atoms with Gasteiger partial charge in [0.05, 0.1) is 18.6 Å². The van der Waals surface area contributed by atoms with Crippen LogP contribution in [0.5, 0.6) is 0 Å². The van der Waals surface area contributed by atoms with Crippen LogP contribution < -0.4 is 4.72 Å². The summed E-state index contributed by atoms with van der Waals surface area (Å²) in [6, 6.07) is 4.73. The molecule has 0 aliphatic heterocycles. The van der Waals surface area contributed by atoms with Gasteiger partial charge in [-0.15, -0.1) is 0 Å². The van der Waals surface area contributed by atoms with Crippen LogP contribution in [-0.2, 0) is 15.1 Å². The van der Waals surface area contributed by atoms with Crippen LogP contribution in [0.3, 0.4) is 0 Å². The van der Waals surface area contributed by atoms with Crippen LogP contribution in [0.25, 0.3) is 0 Å². The molecule has 0 radical (unpaired) electrons. The van der Waals surface area contributed by atoms with Crippen molar-refractivity contribution in [3.8, 4) is 0 Å². The molecule has 0 heterocycles. The maximum Gasteiger partial charge on any atom is 0.308 e. The van der Waals surface area contributed by atoms with Gasteiger partial charge in [0.1, 0.15) is 5.82 Å². The van der Waals surface area contributed by atoms with Crippen molar-refractivity contribution < 1.29 is 13.9 Å². The molecular formula is C16H23BrFNO2S. The summed E-state index contributed by atoms with van der Waals surface area (Å²) in [5.41, 5.74) is -0.426. The summed E-state index contributed by atoms with van der Waals surface area (Å²) in [6.07, 6.45) is 0.0529. The molecule has 0 unspecified atom stereocenters. The van der Waals surface area contributed by atoms with E-state index in [-0.39, 0.29) is 23.0 Å². The third-order valence-corrected chi connectivity index (χ3v) is 4.57. The second-order valence-corrected chi connectivity index (χ2v) is 8.80. The van der Waals surface area contributed by atoms with Crippen molar-refractivity contribution in [2.24, 2.45) is 0 Å². The highest BCUT2D eigenvalue weighted by molar-refractivity contribution is 9.10. The van der Waals surface area contributed by atoms with E-state index in [0.29, 0.717) is 12.2 Å². The van der Waals surface area contributed by atoms with E-state index in [2.05, 4.69) is 20.7 Å². The number of rotatable bonds is 6. The number of hydrogen-bond acceptors (Lipinski definition) is 4. The van der Waals surface area contributed by atoms with Crippen LogP contribution in [0, 0.1) is 5.82 Å². The quantitative estimate of drug-likeness (QED) is 0.558. The minimum Gasteiger partial charge on any atom is -0.466 e. The fourth-order valence-corrected chi connectivity index (χ4v) is 2.95. The monoisotopic (exact) mass is 391 g/mol. The number of benzene rings is 1. The molecule has 1 aromatic carbocycles. The Kier molecular flexibility index (Phi) is 6.89. The predicted molar refractivity (Wildman–Crippen MR) is 93.2 cm³/mol. The highest BCUT2D eigenvalue weighted by Gasteiger charge is 2.34. The van der Waals surface area contributed by atoms with Gasteiger partial charge in [0.25, 0.3) is 0 Å². The molecule has 1 rings (SSSR count). The molecule has 0 amide bonds. The Labute approximate surface area is 144 Å². The summed E-state index contributed by atoms with van der Waals surface area (Å²) in [6.45, 7) is 10.0. The molecule has 0 fully saturated rings. The van der Waals surface area contributed by atoms with Crippen LogP contribution in [0.1, 0.15) is 46.6 Å². The van der Waals surface area contributed by atoms with E-state index in [1.165, 1.54) is 18.0 Å². The Bertz CT molecular complexity index is 533. The van der Waals surface area contributed by atoms with Crippen LogP contribution in [0.15, 0.2) is 22.7 Å². The normalized spacial score (nSPS) is 14.5. The maximum atomic E-state index is 14.3. The maximum absolute atomic E-state index is 14.3. The van der Waals surface area contributed by atoms with Gasteiger partial charge in [-0.25, -0.2) is 4.39 Å². The molecule has 6 heteroatoms. The van der Waals surface area contributed by atoms with Crippen LogP contribution in [0.2, 0.25) is 0 Å². The van der Waals surface area contributed by atoms with Gasteiger partial charge in [-0.3, -0.25) is 9.52 Å². The average molecular weight is 392 g/mol. The Morgan fingerprint density at radius 2 is 2.00 bits per heavy atom. The van der Waals surface area contributed by atoms with Gasteiger partial charge in [0.2, 0.25) is 0 Å². The van der Waals surface area contributed by atoms with E-state index in [1.807, 2.05) is 27.7 Å². The van der Waals surface area contributed by atoms with E-state index in [4.69, 9.17) is 4.74 Å². The van der Waals surface area contributed by atoms with Crippen LogP contribution in [0.4, 0.5) is 4.39 Å². The molecule has 0 aliphatic carbocycles. The number of halogens is 2. The lowest BCUT2D eigenvalue weighted by atomic mass is 9.89. The molecule has 1 atom stereocenters. The summed E-state index contributed by atoms with van der Waals surface area (Å²) in [5, 5.41) is 0. The standard InChI is InChI=1S/C16H23BrFNO2S/c1-6-21-14(20)10-16(5,19-22-15(2,3)4)12-9-11(17)7-8-13(12)18/h7-9,19H,6,10H2,1-5H3/t16-/m0/s1. The van der Waals surface area contributed by atoms with Gasteiger partial charge in [0.15, 0.2) is 0 Å². The first-order chi connectivity index (χ1) is 10.1. The predicted octanol–water partition coefficient (Wildman–Crippen LogP) is 4.79. The number of ether oxygens (including phenoxy) is 1. The topological polar surface area (TPSA) is 38.3 Å². The third kappa shape index (κ3) is 5.89. The molecule has 3 nitrogen and oxygen atoms in total. The summed E-state index contributed by atoms with van der Waals surface area (Å²) in [7, 11) is 0. The van der Waals surface area contributed by atoms with Crippen molar-refractivity contribution in [3.63, 3.8) is 0 Å². The largest absolute Gasteiger partial charge is 0.466 e. The first kappa shape index (κ1) is 19.5. The molecule has 0 bridgehead atoms. The molecule has 0 spiro atoms. The van der Waals surface area contributed by atoms with Gasteiger partial charge >= 0.3 is 5.97 Å². The lowest BCUT2D eigenvalue weighted by Crippen LogP contribution is -2.40. The Hall–Kier alpha value is -0.590. The minimum absolute atomic E-state index is 0.0529. The van der Waals surface area contributed by atoms with E-state index >= 15 is 0 Å². The SMILES string of the molecule is CCOC(=O)C[C@](C)(NSC(C)(C)C)c1cc(Br)ccc1F. The number of esters is 1. The number of carbonyl (C=O) groups is 1. The van der Waals surface area contributed by atoms with Crippen LogP contribution >= 0.6 is 27.9 Å². The van der Waals surface area contributed by atoms with Crippen LogP contribution in [-0.4, -0.2) is 17.3 Å². The van der Waals surface area contributed by atoms with Crippen molar-refractivity contribution >= 4 is 33.8 Å². The lowest BCUT2D eigenvalue weighted by molar-refractivity contribution is -0.144. The molecule has 0 saturated heterocycles. The van der Waals surface area contributed by atoms with Gasteiger partial charge in [-0.05, 0) is 52.8 Å². The molecule has 1 N–H and O–H groups in total. The van der Waals surface area contributed by atoms with E-state index in [0.717, 1.165) is 4.47 Å². The first-order valence-electron chi connectivity index (χ1n) is 7.14. The van der Waals surface area contributed by atoms with Crippen molar-refractivity contribution in [2.75, 3.05) is 6.61 Å². The Morgan fingerprint density at radius 1 is 1.36 bits per heavy atom. The third-order valence-electron chi connectivity index (χ3n) is 2.91. The van der Waals surface area contributed by atoms with Gasteiger partial charge in [0, 0.05) is 14.8 Å². The van der Waals surface area contributed by atoms with Gasteiger partial charge in [-0.1, -0.05) is 27.9 Å². The molecule has 124 valence electrons. The summed E-state index contributed by atoms with van der Waals surface area (Å²) < 4.78 is 23.3. The van der Waals surface area contributed by atoms with E-state index in [1.54, 1.807) is 19.1 Å².